The molecule has 4 rings (SSSR count). The van der Waals surface area contributed by atoms with Gasteiger partial charge in [0, 0.05) is 34.3 Å². The van der Waals surface area contributed by atoms with E-state index in [1.165, 1.54) is 43.4 Å². The van der Waals surface area contributed by atoms with Crippen molar-refractivity contribution in [2.45, 2.75) is 89.1 Å². The quantitative estimate of drug-likeness (QED) is 0.499. The van der Waals surface area contributed by atoms with Crippen LogP contribution < -0.4 is 10.6 Å². The van der Waals surface area contributed by atoms with Gasteiger partial charge in [-0.2, -0.15) is 0 Å². The van der Waals surface area contributed by atoms with Crippen molar-refractivity contribution < 1.29 is 4.79 Å². The van der Waals surface area contributed by atoms with Crippen molar-refractivity contribution >= 4 is 23.2 Å². The van der Waals surface area contributed by atoms with E-state index in [4.69, 9.17) is 17.0 Å². The molecule has 1 aromatic carbocycles. The molecule has 0 radical (unpaired) electrons. The Morgan fingerprint density at radius 3 is 2.33 bits per heavy atom. The zero-order valence-corrected chi connectivity index (χ0v) is 18.6. The summed E-state index contributed by atoms with van der Waals surface area (Å²) in [6, 6.07) is 8.87. The topological polar surface area (TPSA) is 65.0 Å². The van der Waals surface area contributed by atoms with Gasteiger partial charge in [0.25, 0.3) is 5.91 Å². The molecule has 5 heteroatoms. The van der Waals surface area contributed by atoms with E-state index in [0.717, 1.165) is 55.5 Å². The highest BCUT2D eigenvalue weighted by Gasteiger charge is 2.31. The largest absolute Gasteiger partial charge is 0.385 e. The van der Waals surface area contributed by atoms with Crippen LogP contribution in [0, 0.1) is 11.3 Å². The first-order valence-corrected chi connectivity index (χ1v) is 12.1. The summed E-state index contributed by atoms with van der Waals surface area (Å²) in [7, 11) is 0. The van der Waals surface area contributed by atoms with Gasteiger partial charge in [-0.1, -0.05) is 49.4 Å². The number of nitrogens with one attached hydrogen (secondary N) is 3. The van der Waals surface area contributed by atoms with Crippen LogP contribution in [0.1, 0.15) is 76.2 Å². The molecule has 0 bridgehead atoms. The Morgan fingerprint density at radius 2 is 1.63 bits per heavy atom. The molecule has 1 aromatic rings. The molecule has 162 valence electrons. The molecular weight excluding hydrogens is 394 g/mol. The highest BCUT2D eigenvalue weighted by molar-refractivity contribution is 6.44. The van der Waals surface area contributed by atoms with Crippen LogP contribution in [0.5, 0.6) is 0 Å². The summed E-state index contributed by atoms with van der Waals surface area (Å²) in [4.78, 5) is 12.7. The van der Waals surface area contributed by atoms with E-state index in [0.29, 0.717) is 12.0 Å². The van der Waals surface area contributed by atoms with Gasteiger partial charge in [0.15, 0.2) is 0 Å². The summed E-state index contributed by atoms with van der Waals surface area (Å²) in [5.74, 6) is 0.127. The van der Waals surface area contributed by atoms with Crippen LogP contribution in [0.15, 0.2) is 35.5 Å². The smallest absolute Gasteiger partial charge is 0.269 e. The molecule has 0 heterocycles. The summed E-state index contributed by atoms with van der Waals surface area (Å²) >= 11 is 6.09. The second kappa shape index (κ2) is 10.00. The number of carbonyl (C=O) groups excluding carboxylic acids is 1. The van der Waals surface area contributed by atoms with Crippen LogP contribution >= 0.6 is 11.6 Å². The fraction of sp³-hybridized carbons (Fsp3) is 0.600. The molecule has 2 fully saturated rings. The molecule has 0 spiro atoms. The average molecular weight is 428 g/mol. The first kappa shape index (κ1) is 21.4. The normalized spacial score (nSPS) is 23.0. The molecule has 1 atom stereocenters. The number of amides is 1. The molecule has 3 N–H and O–H groups in total. The maximum absolute atomic E-state index is 12.7. The number of allylic oxidation sites excluding steroid dienone is 1. The summed E-state index contributed by atoms with van der Waals surface area (Å²) in [5, 5.41) is 16.4. The highest BCUT2D eigenvalue weighted by Crippen LogP contribution is 2.33. The van der Waals surface area contributed by atoms with Crippen LogP contribution in [-0.2, 0) is 11.2 Å². The third-order valence-corrected chi connectivity index (χ3v) is 7.02. The maximum atomic E-state index is 12.7. The lowest BCUT2D eigenvalue weighted by Gasteiger charge is -2.31. The van der Waals surface area contributed by atoms with Gasteiger partial charge in [0.05, 0.1) is 0 Å². The molecule has 2 saturated carbocycles. The summed E-state index contributed by atoms with van der Waals surface area (Å²) in [6.07, 6.45) is 13.3. The molecule has 0 saturated heterocycles. The van der Waals surface area contributed by atoms with E-state index in [1.807, 2.05) is 12.1 Å². The Kier molecular flexibility index (Phi) is 7.14. The summed E-state index contributed by atoms with van der Waals surface area (Å²) in [6.45, 7) is 0. The number of carbonyl (C=O) groups is 1. The highest BCUT2D eigenvalue weighted by atomic mass is 35.5. The van der Waals surface area contributed by atoms with Crippen LogP contribution in [0.2, 0.25) is 5.02 Å². The fourth-order valence-corrected chi connectivity index (χ4v) is 5.01. The second-order valence-corrected chi connectivity index (χ2v) is 9.70. The molecule has 0 aliphatic heterocycles. The number of rotatable bonds is 7. The second-order valence-electron chi connectivity index (χ2n) is 9.27. The van der Waals surface area contributed by atoms with Crippen LogP contribution in [-0.4, -0.2) is 23.7 Å². The zero-order valence-electron chi connectivity index (χ0n) is 17.8. The Labute approximate surface area is 185 Å². The minimum Gasteiger partial charge on any atom is -0.385 e. The third kappa shape index (κ3) is 5.66. The van der Waals surface area contributed by atoms with E-state index < -0.39 is 0 Å². The van der Waals surface area contributed by atoms with Crippen molar-refractivity contribution in [3.63, 3.8) is 0 Å². The molecule has 3 aliphatic rings. The van der Waals surface area contributed by atoms with Crippen molar-refractivity contribution in [2.75, 3.05) is 0 Å². The van der Waals surface area contributed by atoms with Gasteiger partial charge in [-0.05, 0) is 69.1 Å². The number of benzene rings is 1. The Bertz CT molecular complexity index is 791. The van der Waals surface area contributed by atoms with Crippen molar-refractivity contribution in [3.05, 3.63) is 46.1 Å². The van der Waals surface area contributed by atoms with Gasteiger partial charge >= 0.3 is 0 Å². The number of halogens is 1. The first-order chi connectivity index (χ1) is 14.6. The lowest BCUT2D eigenvalue weighted by atomic mass is 9.88. The van der Waals surface area contributed by atoms with Gasteiger partial charge in [-0.15, -0.1) is 0 Å². The third-order valence-electron chi connectivity index (χ3n) is 6.76. The van der Waals surface area contributed by atoms with Gasteiger partial charge in [0.2, 0.25) is 0 Å². The predicted molar refractivity (Wildman–Crippen MR) is 123 cm³/mol. The summed E-state index contributed by atoms with van der Waals surface area (Å²) in [5.41, 5.74) is 3.58. The van der Waals surface area contributed by atoms with E-state index in [2.05, 4.69) is 22.8 Å². The molecule has 1 unspecified atom stereocenters. The van der Waals surface area contributed by atoms with Crippen molar-refractivity contribution in [3.8, 4) is 0 Å². The van der Waals surface area contributed by atoms with E-state index >= 15 is 0 Å². The van der Waals surface area contributed by atoms with E-state index in [9.17, 15) is 4.79 Å². The van der Waals surface area contributed by atoms with Crippen molar-refractivity contribution in [1.29, 1.82) is 5.41 Å². The zero-order chi connectivity index (χ0) is 20.9. The lowest BCUT2D eigenvalue weighted by molar-refractivity contribution is -0.114. The summed E-state index contributed by atoms with van der Waals surface area (Å²) < 4.78 is 0. The van der Waals surface area contributed by atoms with Gasteiger partial charge < -0.3 is 10.6 Å². The van der Waals surface area contributed by atoms with Crippen LogP contribution in [0.3, 0.4) is 0 Å². The minimum atomic E-state index is -0.192. The maximum Gasteiger partial charge on any atom is 0.269 e. The lowest BCUT2D eigenvalue weighted by Crippen LogP contribution is -2.38. The van der Waals surface area contributed by atoms with E-state index in [-0.39, 0.29) is 17.7 Å². The monoisotopic (exact) mass is 427 g/mol. The fourth-order valence-electron chi connectivity index (χ4n) is 4.88. The van der Waals surface area contributed by atoms with Crippen molar-refractivity contribution in [1.82, 2.24) is 10.6 Å². The predicted octanol–water partition coefficient (Wildman–Crippen LogP) is 5.55. The van der Waals surface area contributed by atoms with Gasteiger partial charge in [0.1, 0.15) is 5.71 Å². The molecular formula is C25H34ClN3O. The molecule has 0 aromatic heterocycles. The Morgan fingerprint density at radius 1 is 0.933 bits per heavy atom. The number of hydrogen-bond donors (Lipinski definition) is 3. The van der Waals surface area contributed by atoms with E-state index in [1.54, 1.807) is 0 Å². The number of hydrogen-bond acceptors (Lipinski definition) is 3. The molecule has 30 heavy (non-hydrogen) atoms. The first-order valence-electron chi connectivity index (χ1n) is 11.7. The minimum absolute atomic E-state index is 0.184. The molecule has 1 amide bonds. The molecule has 4 nitrogen and oxygen atoms in total. The Hall–Kier alpha value is -1.81. The van der Waals surface area contributed by atoms with Gasteiger partial charge in [-0.3, -0.25) is 10.2 Å². The SMILES string of the molecule is N=C(C(=O)NC1CC1)C1=C(NC2CCCCC2)C(Cc2ccc(Cl)cc2)CCCC1. The van der Waals surface area contributed by atoms with Gasteiger partial charge in [-0.25, -0.2) is 0 Å². The molecule has 3 aliphatic carbocycles. The van der Waals surface area contributed by atoms with Crippen LogP contribution in [0.4, 0.5) is 0 Å². The van der Waals surface area contributed by atoms with Crippen LogP contribution in [0.25, 0.3) is 0 Å². The Balaban J connectivity index is 1.61. The standard InChI is InChI=1S/C25H34ClN3O/c26-19-12-10-17(11-13-19)16-18-6-4-5-9-22(23(27)25(30)29-21-14-15-21)24(18)28-20-7-2-1-3-8-20/h10-13,18,20-21,27-28H,1-9,14-16H2,(H,29,30). The average Bonchev–Trinajstić information content (AvgIpc) is 3.59. The van der Waals surface area contributed by atoms with Crippen molar-refractivity contribution in [2.24, 2.45) is 5.92 Å².